The molecule has 0 unspecified atom stereocenters. The molecule has 28 heavy (non-hydrogen) atoms. The molecule has 1 fully saturated rings. The van der Waals surface area contributed by atoms with Crippen molar-refractivity contribution in [2.75, 3.05) is 31.1 Å². The summed E-state index contributed by atoms with van der Waals surface area (Å²) in [7, 11) is 0. The highest BCUT2D eigenvalue weighted by molar-refractivity contribution is 6.30. The van der Waals surface area contributed by atoms with Crippen molar-refractivity contribution >= 4 is 22.9 Å². The zero-order valence-electron chi connectivity index (χ0n) is 15.3. The summed E-state index contributed by atoms with van der Waals surface area (Å²) in [6, 6.07) is 12.9. The fourth-order valence-electron chi connectivity index (χ4n) is 3.52. The molecular weight excluding hydrogens is 382 g/mol. The van der Waals surface area contributed by atoms with Crippen molar-refractivity contribution in [3.05, 3.63) is 64.2 Å². The number of aryl methyl sites for hydroxylation is 1. The quantitative estimate of drug-likeness (QED) is 0.618. The van der Waals surface area contributed by atoms with Crippen molar-refractivity contribution in [2.24, 2.45) is 0 Å². The number of hydrogen-bond acceptors (Lipinski definition) is 6. The Balaban J connectivity index is 1.39. The van der Waals surface area contributed by atoms with Crippen LogP contribution in [0.2, 0.25) is 5.02 Å². The van der Waals surface area contributed by atoms with Gasteiger partial charge in [0.1, 0.15) is 0 Å². The number of benzene rings is 1. The first-order valence-electron chi connectivity index (χ1n) is 9.18. The molecule has 2 aromatic heterocycles. The number of halogens is 1. The molecule has 0 radical (unpaired) electrons. The van der Waals surface area contributed by atoms with Gasteiger partial charge in [-0.25, -0.2) is 14.4 Å². The van der Waals surface area contributed by atoms with Crippen LogP contribution < -0.4 is 10.6 Å². The average molecular weight is 404 g/mol. The van der Waals surface area contributed by atoms with Crippen LogP contribution in [0.15, 0.2) is 53.5 Å². The Bertz CT molecular complexity index is 1020. The zero-order valence-corrected chi connectivity index (χ0v) is 16.0. The zero-order chi connectivity index (χ0) is 19.7. The largest absolute Gasteiger partial charge is 0.369 e. The molecule has 0 saturated carbocycles. The first kappa shape index (κ1) is 18.9. The summed E-state index contributed by atoms with van der Waals surface area (Å²) >= 11 is 6.05. The molecule has 8 nitrogen and oxygen atoms in total. The topological polar surface area (TPSA) is 86.2 Å². The molecule has 9 heteroatoms. The van der Waals surface area contributed by atoms with E-state index in [-0.39, 0.29) is 18.7 Å². The van der Waals surface area contributed by atoms with Gasteiger partial charge in [0, 0.05) is 49.5 Å². The number of hydrogen-bond donors (Lipinski definition) is 2. The highest BCUT2D eigenvalue weighted by Crippen LogP contribution is 2.23. The van der Waals surface area contributed by atoms with Gasteiger partial charge in [-0.1, -0.05) is 23.7 Å². The van der Waals surface area contributed by atoms with E-state index >= 15 is 0 Å². The second kappa shape index (κ2) is 7.56. The second-order valence-electron chi connectivity index (χ2n) is 6.91. The summed E-state index contributed by atoms with van der Waals surface area (Å²) in [4.78, 5) is 16.1. The fraction of sp³-hybridized carbons (Fsp3) is 0.368. The van der Waals surface area contributed by atoms with Gasteiger partial charge in [0.2, 0.25) is 5.91 Å². The molecule has 0 amide bonds. The number of pyridine rings is 1. The van der Waals surface area contributed by atoms with Crippen LogP contribution in [-0.4, -0.2) is 61.4 Å². The van der Waals surface area contributed by atoms with Crippen LogP contribution in [0.25, 0.3) is 5.65 Å². The van der Waals surface area contributed by atoms with Gasteiger partial charge in [-0.3, -0.25) is 4.40 Å². The standard InChI is InChI=1S/C19H22ClN5O3/c20-15-4-3-5-16(14-15)22-10-12-23(13-11-22)19(27,28)7-9-25-18(26)24-8-2-1-6-17(24)21-25/h1-6,8,14,27-28H,7,9-13H2. The van der Waals surface area contributed by atoms with E-state index in [9.17, 15) is 15.0 Å². The van der Waals surface area contributed by atoms with E-state index in [4.69, 9.17) is 11.6 Å². The van der Waals surface area contributed by atoms with Crippen LogP contribution in [0.4, 0.5) is 5.69 Å². The third-order valence-electron chi connectivity index (χ3n) is 5.11. The van der Waals surface area contributed by atoms with E-state index in [2.05, 4.69) is 10.00 Å². The van der Waals surface area contributed by atoms with Gasteiger partial charge in [-0.2, -0.15) is 0 Å². The molecule has 0 spiro atoms. The van der Waals surface area contributed by atoms with Gasteiger partial charge < -0.3 is 15.1 Å². The molecule has 1 saturated heterocycles. The number of aliphatic hydroxyl groups is 2. The predicted octanol–water partition coefficient (Wildman–Crippen LogP) is 1.00. The lowest BCUT2D eigenvalue weighted by atomic mass is 10.2. The highest BCUT2D eigenvalue weighted by atomic mass is 35.5. The third-order valence-corrected chi connectivity index (χ3v) is 5.34. The molecule has 4 rings (SSSR count). The Hall–Kier alpha value is -2.39. The molecule has 1 aliphatic heterocycles. The van der Waals surface area contributed by atoms with Crippen LogP contribution in [0.3, 0.4) is 0 Å². The number of nitrogens with zero attached hydrogens (tertiary/aromatic N) is 5. The molecule has 148 valence electrons. The van der Waals surface area contributed by atoms with Crippen molar-refractivity contribution in [1.82, 2.24) is 19.1 Å². The van der Waals surface area contributed by atoms with Crippen LogP contribution in [0, 0.1) is 0 Å². The molecule has 3 heterocycles. The average Bonchev–Trinajstić information content (AvgIpc) is 3.03. The molecule has 0 aliphatic carbocycles. The fourth-order valence-corrected chi connectivity index (χ4v) is 3.71. The molecule has 1 aliphatic rings. The summed E-state index contributed by atoms with van der Waals surface area (Å²) in [5, 5.41) is 26.0. The van der Waals surface area contributed by atoms with E-state index in [0.717, 1.165) is 5.69 Å². The summed E-state index contributed by atoms with van der Waals surface area (Å²) < 4.78 is 2.69. The van der Waals surface area contributed by atoms with Crippen LogP contribution in [0.1, 0.15) is 6.42 Å². The Labute approximate surface area is 166 Å². The van der Waals surface area contributed by atoms with Crippen molar-refractivity contribution in [2.45, 2.75) is 18.9 Å². The molecule has 0 bridgehead atoms. The highest BCUT2D eigenvalue weighted by Gasteiger charge is 2.34. The van der Waals surface area contributed by atoms with Crippen LogP contribution in [-0.2, 0) is 6.54 Å². The van der Waals surface area contributed by atoms with E-state index in [1.807, 2.05) is 24.3 Å². The van der Waals surface area contributed by atoms with Crippen molar-refractivity contribution < 1.29 is 10.2 Å². The number of fused-ring (bicyclic) bond motifs is 1. The third kappa shape index (κ3) is 3.77. The van der Waals surface area contributed by atoms with Gasteiger partial charge in [-0.05, 0) is 30.3 Å². The maximum atomic E-state index is 12.3. The molecule has 1 aromatic carbocycles. The maximum Gasteiger partial charge on any atom is 0.350 e. The molecule has 3 aromatic rings. The van der Waals surface area contributed by atoms with Gasteiger partial charge in [0.05, 0.1) is 6.54 Å². The minimum absolute atomic E-state index is 0.0199. The van der Waals surface area contributed by atoms with Gasteiger partial charge in [0.25, 0.3) is 0 Å². The van der Waals surface area contributed by atoms with Gasteiger partial charge in [-0.15, -0.1) is 5.10 Å². The minimum Gasteiger partial charge on any atom is -0.369 e. The number of rotatable bonds is 5. The van der Waals surface area contributed by atoms with Crippen LogP contribution in [0.5, 0.6) is 0 Å². The predicted molar refractivity (Wildman–Crippen MR) is 106 cm³/mol. The van der Waals surface area contributed by atoms with Crippen molar-refractivity contribution in [1.29, 1.82) is 0 Å². The minimum atomic E-state index is -2.00. The lowest BCUT2D eigenvalue weighted by Gasteiger charge is -2.42. The van der Waals surface area contributed by atoms with E-state index < -0.39 is 5.91 Å². The summed E-state index contributed by atoms with van der Waals surface area (Å²) in [6.45, 7) is 2.39. The summed E-state index contributed by atoms with van der Waals surface area (Å²) in [5.41, 5.74) is 1.26. The van der Waals surface area contributed by atoms with Crippen LogP contribution >= 0.6 is 11.6 Å². The number of anilines is 1. The monoisotopic (exact) mass is 403 g/mol. The van der Waals surface area contributed by atoms with Crippen molar-refractivity contribution in [3.8, 4) is 0 Å². The van der Waals surface area contributed by atoms with E-state index in [1.165, 1.54) is 9.08 Å². The normalized spacial score (nSPS) is 16.0. The number of aromatic nitrogens is 3. The van der Waals surface area contributed by atoms with Gasteiger partial charge >= 0.3 is 5.69 Å². The first-order chi connectivity index (χ1) is 13.4. The smallest absolute Gasteiger partial charge is 0.350 e. The molecule has 2 N–H and O–H groups in total. The van der Waals surface area contributed by atoms with E-state index in [1.54, 1.807) is 29.3 Å². The number of piperazine rings is 1. The first-order valence-corrected chi connectivity index (χ1v) is 9.56. The molecular formula is C19H22ClN5O3. The second-order valence-corrected chi connectivity index (χ2v) is 7.35. The molecule has 0 atom stereocenters. The van der Waals surface area contributed by atoms with Crippen molar-refractivity contribution in [3.63, 3.8) is 0 Å². The lowest BCUT2D eigenvalue weighted by molar-refractivity contribution is -0.270. The summed E-state index contributed by atoms with van der Waals surface area (Å²) in [6.07, 6.45) is 1.62. The Morgan fingerprint density at radius 2 is 1.86 bits per heavy atom. The Morgan fingerprint density at radius 3 is 2.57 bits per heavy atom. The SMILES string of the molecule is O=c1n(CCC(O)(O)N2CCN(c3cccc(Cl)c3)CC2)nc2ccccn12. The Morgan fingerprint density at radius 1 is 1.07 bits per heavy atom. The van der Waals surface area contributed by atoms with E-state index in [0.29, 0.717) is 36.8 Å². The Kier molecular flexibility index (Phi) is 5.11. The lowest BCUT2D eigenvalue weighted by Crippen LogP contribution is -2.57. The summed E-state index contributed by atoms with van der Waals surface area (Å²) in [5.74, 6) is -2.00. The maximum absolute atomic E-state index is 12.3. The van der Waals surface area contributed by atoms with Gasteiger partial charge in [0.15, 0.2) is 5.65 Å².